The number of hydrogen-bond donors (Lipinski definition) is 2. The first-order valence-corrected chi connectivity index (χ1v) is 6.70. The molecule has 5 heteroatoms. The van der Waals surface area contributed by atoms with Crippen molar-refractivity contribution in [3.8, 4) is 5.75 Å². The van der Waals surface area contributed by atoms with Gasteiger partial charge in [0.2, 0.25) is 0 Å². The quantitative estimate of drug-likeness (QED) is 0.856. The van der Waals surface area contributed by atoms with Gasteiger partial charge in [-0.05, 0) is 48.9 Å². The first kappa shape index (κ1) is 15.3. The van der Waals surface area contributed by atoms with Gasteiger partial charge in [0.15, 0.2) is 11.6 Å². The van der Waals surface area contributed by atoms with E-state index in [0.717, 1.165) is 23.6 Å². The fraction of sp³-hybridized carbons (Fsp3) is 0.250. The summed E-state index contributed by atoms with van der Waals surface area (Å²) in [5.41, 5.74) is 1.13. The maximum Gasteiger partial charge on any atom is 0.159 e. The molecular weight excluding hydrogens is 276 g/mol. The van der Waals surface area contributed by atoms with E-state index in [1.54, 1.807) is 0 Å². The van der Waals surface area contributed by atoms with Crippen LogP contribution in [-0.4, -0.2) is 18.3 Å². The molecule has 112 valence electrons. The summed E-state index contributed by atoms with van der Waals surface area (Å²) in [4.78, 5) is 0. The van der Waals surface area contributed by atoms with Crippen molar-refractivity contribution in [1.29, 1.82) is 0 Å². The molecule has 2 aromatic rings. The van der Waals surface area contributed by atoms with Crippen molar-refractivity contribution in [3.05, 3.63) is 59.7 Å². The van der Waals surface area contributed by atoms with Crippen LogP contribution in [0.5, 0.6) is 5.75 Å². The molecule has 0 saturated heterocycles. The van der Waals surface area contributed by atoms with Crippen molar-refractivity contribution in [2.24, 2.45) is 0 Å². The monoisotopic (exact) mass is 293 g/mol. The fourth-order valence-electron chi connectivity index (χ4n) is 1.89. The summed E-state index contributed by atoms with van der Waals surface area (Å²) in [7, 11) is 0. The van der Waals surface area contributed by atoms with Gasteiger partial charge in [-0.1, -0.05) is 6.07 Å². The molecule has 0 heterocycles. The largest absolute Gasteiger partial charge is 0.494 e. The normalized spacial score (nSPS) is 12.0. The third-order valence-corrected chi connectivity index (χ3v) is 2.99. The lowest BCUT2D eigenvalue weighted by Crippen LogP contribution is -2.12. The van der Waals surface area contributed by atoms with Gasteiger partial charge in [0, 0.05) is 12.2 Å². The number of hydrogen-bond acceptors (Lipinski definition) is 3. The molecule has 1 atom stereocenters. The van der Waals surface area contributed by atoms with E-state index >= 15 is 0 Å². The summed E-state index contributed by atoms with van der Waals surface area (Å²) < 4.78 is 31.3. The summed E-state index contributed by atoms with van der Waals surface area (Å²) >= 11 is 0. The minimum atomic E-state index is -0.965. The first-order valence-electron chi connectivity index (χ1n) is 6.70. The van der Waals surface area contributed by atoms with Crippen LogP contribution in [0, 0.1) is 11.6 Å². The van der Waals surface area contributed by atoms with Crippen LogP contribution in [0.4, 0.5) is 14.5 Å². The maximum atomic E-state index is 13.1. The van der Waals surface area contributed by atoms with E-state index in [4.69, 9.17) is 4.74 Å². The van der Waals surface area contributed by atoms with Crippen molar-refractivity contribution in [2.45, 2.75) is 13.0 Å². The van der Waals surface area contributed by atoms with E-state index in [9.17, 15) is 13.9 Å². The maximum absolute atomic E-state index is 13.1. The van der Waals surface area contributed by atoms with E-state index in [2.05, 4.69) is 5.32 Å². The number of aliphatic hydroxyl groups is 1. The second-order valence-corrected chi connectivity index (χ2v) is 4.53. The Balaban J connectivity index is 1.93. The van der Waals surface area contributed by atoms with Gasteiger partial charge in [0.25, 0.3) is 0 Å². The molecule has 3 nitrogen and oxygen atoms in total. The number of ether oxygens (including phenoxy) is 1. The summed E-state index contributed by atoms with van der Waals surface area (Å²) in [6.45, 7) is 2.70. The highest BCUT2D eigenvalue weighted by Gasteiger charge is 2.10. The van der Waals surface area contributed by atoms with Crippen LogP contribution in [-0.2, 0) is 0 Å². The van der Waals surface area contributed by atoms with E-state index in [0.29, 0.717) is 12.2 Å². The lowest BCUT2D eigenvalue weighted by atomic mass is 10.1. The van der Waals surface area contributed by atoms with Crippen LogP contribution in [0.15, 0.2) is 42.5 Å². The number of nitrogens with one attached hydrogen (secondary N) is 1. The van der Waals surface area contributed by atoms with Crippen LogP contribution >= 0.6 is 0 Å². The summed E-state index contributed by atoms with van der Waals surface area (Å²) in [5, 5.41) is 13.0. The average molecular weight is 293 g/mol. The van der Waals surface area contributed by atoms with Crippen LogP contribution in [0.3, 0.4) is 0 Å². The summed E-state index contributed by atoms with van der Waals surface area (Å²) in [6, 6.07) is 10.6. The molecule has 0 saturated carbocycles. The van der Waals surface area contributed by atoms with Gasteiger partial charge < -0.3 is 15.2 Å². The second-order valence-electron chi connectivity index (χ2n) is 4.53. The molecule has 0 amide bonds. The Labute approximate surface area is 122 Å². The molecule has 2 rings (SSSR count). The molecule has 2 aromatic carbocycles. The Morgan fingerprint density at radius 3 is 2.43 bits per heavy atom. The molecule has 21 heavy (non-hydrogen) atoms. The van der Waals surface area contributed by atoms with Gasteiger partial charge in [-0.25, -0.2) is 8.78 Å². The third kappa shape index (κ3) is 4.16. The SMILES string of the molecule is CCOc1ccc(NCC(O)c2ccc(F)c(F)c2)cc1. The number of anilines is 1. The number of halogens is 2. The van der Waals surface area contributed by atoms with E-state index in [1.807, 2.05) is 31.2 Å². The van der Waals surface area contributed by atoms with Gasteiger partial charge in [0.1, 0.15) is 5.75 Å². The predicted octanol–water partition coefficient (Wildman–Crippen LogP) is 3.51. The molecule has 0 radical (unpaired) electrons. The van der Waals surface area contributed by atoms with E-state index in [-0.39, 0.29) is 6.54 Å². The molecular formula is C16H17F2NO2. The van der Waals surface area contributed by atoms with Crippen molar-refractivity contribution in [3.63, 3.8) is 0 Å². The van der Waals surface area contributed by atoms with Crippen molar-refractivity contribution in [2.75, 3.05) is 18.5 Å². The Morgan fingerprint density at radius 1 is 1.10 bits per heavy atom. The molecule has 0 aromatic heterocycles. The minimum absolute atomic E-state index is 0.194. The topological polar surface area (TPSA) is 41.5 Å². The smallest absolute Gasteiger partial charge is 0.159 e. The molecule has 0 spiro atoms. The summed E-state index contributed by atoms with van der Waals surface area (Å²) in [5.74, 6) is -1.12. The predicted molar refractivity (Wildman–Crippen MR) is 77.4 cm³/mol. The Hall–Kier alpha value is -2.14. The first-order chi connectivity index (χ1) is 10.1. The number of benzene rings is 2. The van der Waals surface area contributed by atoms with Crippen molar-refractivity contribution in [1.82, 2.24) is 0 Å². The van der Waals surface area contributed by atoms with E-state index in [1.165, 1.54) is 6.07 Å². The molecule has 0 fully saturated rings. The molecule has 0 aliphatic carbocycles. The Bertz CT molecular complexity index is 587. The zero-order chi connectivity index (χ0) is 15.2. The van der Waals surface area contributed by atoms with Crippen LogP contribution in [0.1, 0.15) is 18.6 Å². The Morgan fingerprint density at radius 2 is 1.81 bits per heavy atom. The standard InChI is InChI=1S/C16H17F2NO2/c1-2-21-13-6-4-12(5-7-13)19-10-16(20)11-3-8-14(17)15(18)9-11/h3-9,16,19-20H,2,10H2,1H3. The van der Waals surface area contributed by atoms with Crippen molar-refractivity contribution < 1.29 is 18.6 Å². The summed E-state index contributed by atoms with van der Waals surface area (Å²) in [6.07, 6.45) is -0.924. The lowest BCUT2D eigenvalue weighted by molar-refractivity contribution is 0.191. The Kier molecular flexibility index (Phi) is 5.11. The highest BCUT2D eigenvalue weighted by atomic mass is 19.2. The highest BCUT2D eigenvalue weighted by Crippen LogP contribution is 2.19. The average Bonchev–Trinajstić information content (AvgIpc) is 2.49. The van der Waals surface area contributed by atoms with Gasteiger partial charge in [0.05, 0.1) is 12.7 Å². The zero-order valence-electron chi connectivity index (χ0n) is 11.6. The zero-order valence-corrected chi connectivity index (χ0v) is 11.6. The molecule has 0 aliphatic rings. The van der Waals surface area contributed by atoms with Crippen molar-refractivity contribution >= 4 is 5.69 Å². The van der Waals surface area contributed by atoms with Crippen LogP contribution < -0.4 is 10.1 Å². The minimum Gasteiger partial charge on any atom is -0.494 e. The van der Waals surface area contributed by atoms with Gasteiger partial charge in [-0.3, -0.25) is 0 Å². The number of rotatable bonds is 6. The molecule has 0 aliphatic heterocycles. The lowest BCUT2D eigenvalue weighted by Gasteiger charge is -2.14. The van der Waals surface area contributed by atoms with Gasteiger partial charge >= 0.3 is 0 Å². The highest BCUT2D eigenvalue weighted by molar-refractivity contribution is 5.46. The van der Waals surface area contributed by atoms with Gasteiger partial charge in [-0.15, -0.1) is 0 Å². The molecule has 2 N–H and O–H groups in total. The number of aliphatic hydroxyl groups excluding tert-OH is 1. The second kappa shape index (κ2) is 7.04. The molecule has 1 unspecified atom stereocenters. The van der Waals surface area contributed by atoms with Crippen LogP contribution in [0.25, 0.3) is 0 Å². The van der Waals surface area contributed by atoms with Gasteiger partial charge in [-0.2, -0.15) is 0 Å². The fourth-order valence-corrected chi connectivity index (χ4v) is 1.89. The molecule has 0 bridgehead atoms. The van der Waals surface area contributed by atoms with Crippen LogP contribution in [0.2, 0.25) is 0 Å². The third-order valence-electron chi connectivity index (χ3n) is 2.99. The van der Waals surface area contributed by atoms with E-state index < -0.39 is 17.7 Å².